The Labute approximate surface area is 139 Å². The number of para-hydroxylation sites is 2. The van der Waals surface area contributed by atoms with Crippen molar-refractivity contribution >= 4 is 21.8 Å². The van der Waals surface area contributed by atoms with Crippen molar-refractivity contribution in [1.29, 1.82) is 0 Å². The highest BCUT2D eigenvalue weighted by Gasteiger charge is 2.07. The molecule has 0 aliphatic heterocycles. The van der Waals surface area contributed by atoms with Gasteiger partial charge in [0.05, 0.1) is 34.8 Å². The molecular weight excluding hydrogens is 294 g/mol. The molecule has 0 aliphatic rings. The first-order valence-electron chi connectivity index (χ1n) is 7.98. The molecule has 3 heterocycles. The molecule has 0 spiro atoms. The van der Waals surface area contributed by atoms with Gasteiger partial charge in [0.2, 0.25) is 0 Å². The van der Waals surface area contributed by atoms with E-state index in [-0.39, 0.29) is 0 Å². The molecule has 3 heteroatoms. The highest BCUT2D eigenvalue weighted by atomic mass is 15.0. The van der Waals surface area contributed by atoms with Gasteiger partial charge < -0.3 is 9.13 Å². The van der Waals surface area contributed by atoms with Crippen molar-refractivity contribution < 1.29 is 0 Å². The fourth-order valence-electron chi connectivity index (χ4n) is 3.30. The molecule has 24 heavy (non-hydrogen) atoms. The first-order valence-corrected chi connectivity index (χ1v) is 7.98. The van der Waals surface area contributed by atoms with Crippen LogP contribution in [0, 0.1) is 0 Å². The van der Waals surface area contributed by atoms with Crippen LogP contribution >= 0.6 is 0 Å². The largest absolute Gasteiger partial charge is 0.315 e. The molecule has 0 amide bonds. The van der Waals surface area contributed by atoms with Crippen LogP contribution in [0.2, 0.25) is 0 Å². The van der Waals surface area contributed by atoms with Gasteiger partial charge in [0, 0.05) is 12.4 Å². The zero-order valence-electron chi connectivity index (χ0n) is 13.0. The lowest BCUT2D eigenvalue weighted by Crippen LogP contribution is -1.98. The van der Waals surface area contributed by atoms with Crippen molar-refractivity contribution in [3.63, 3.8) is 0 Å². The number of benzene rings is 2. The second-order valence-corrected chi connectivity index (χ2v) is 5.89. The molecule has 0 radical (unpaired) electrons. The van der Waals surface area contributed by atoms with Crippen LogP contribution in [-0.4, -0.2) is 14.1 Å². The summed E-state index contributed by atoms with van der Waals surface area (Å²) in [4.78, 5) is 4.47. The van der Waals surface area contributed by atoms with Crippen LogP contribution in [0.25, 0.3) is 33.2 Å². The molecule has 0 N–H and O–H groups in total. The number of nitrogens with zero attached hydrogens (tertiary/aromatic N) is 3. The average molecular weight is 309 g/mol. The Morgan fingerprint density at radius 1 is 0.583 bits per heavy atom. The first-order chi connectivity index (χ1) is 11.9. The summed E-state index contributed by atoms with van der Waals surface area (Å²) in [5.74, 6) is 0. The van der Waals surface area contributed by atoms with Crippen LogP contribution in [0.5, 0.6) is 0 Å². The highest BCUT2D eigenvalue weighted by Crippen LogP contribution is 2.24. The van der Waals surface area contributed by atoms with E-state index >= 15 is 0 Å². The molecule has 0 fully saturated rings. The minimum absolute atomic E-state index is 1.06. The normalized spacial score (nSPS) is 11.3. The zero-order chi connectivity index (χ0) is 15.9. The Hall–Kier alpha value is -3.33. The lowest BCUT2D eigenvalue weighted by molar-refractivity contribution is 1.05. The third kappa shape index (κ3) is 1.95. The topological polar surface area (TPSA) is 22.8 Å². The summed E-state index contributed by atoms with van der Waals surface area (Å²) in [5, 5.41) is 2.46. The van der Waals surface area contributed by atoms with Crippen LogP contribution in [0.1, 0.15) is 0 Å². The van der Waals surface area contributed by atoms with Crippen molar-refractivity contribution in [2.45, 2.75) is 0 Å². The Balaban J connectivity index is 1.69. The summed E-state index contributed by atoms with van der Waals surface area (Å²) in [5.41, 5.74) is 4.50. The number of rotatable bonds is 2. The monoisotopic (exact) mass is 309 g/mol. The Kier molecular flexibility index (Phi) is 2.79. The molecular formula is C21H15N3. The fourth-order valence-corrected chi connectivity index (χ4v) is 3.30. The standard InChI is InChI=1S/C21H15N3/c1-3-7-20-16(5-1)9-11-23(20)18-13-19(15-22-14-18)24-12-10-17-6-2-4-8-21(17)24/h1-15H. The van der Waals surface area contributed by atoms with E-state index in [1.165, 1.54) is 21.8 Å². The van der Waals surface area contributed by atoms with E-state index in [1.807, 2.05) is 12.4 Å². The number of hydrogen-bond donors (Lipinski definition) is 0. The van der Waals surface area contributed by atoms with E-state index < -0.39 is 0 Å². The smallest absolute Gasteiger partial charge is 0.0660 e. The molecule has 2 aromatic carbocycles. The van der Waals surface area contributed by atoms with Gasteiger partial charge in [-0.15, -0.1) is 0 Å². The molecule has 0 bridgehead atoms. The molecule has 3 aromatic heterocycles. The van der Waals surface area contributed by atoms with Crippen LogP contribution < -0.4 is 0 Å². The van der Waals surface area contributed by atoms with Gasteiger partial charge in [-0.1, -0.05) is 36.4 Å². The van der Waals surface area contributed by atoms with Crippen molar-refractivity contribution in [3.05, 3.63) is 91.5 Å². The van der Waals surface area contributed by atoms with Crippen molar-refractivity contribution in [3.8, 4) is 11.4 Å². The van der Waals surface area contributed by atoms with E-state index in [4.69, 9.17) is 0 Å². The lowest BCUT2D eigenvalue weighted by Gasteiger charge is -2.09. The minimum Gasteiger partial charge on any atom is -0.315 e. The molecule has 0 saturated carbocycles. The number of hydrogen-bond acceptors (Lipinski definition) is 1. The Morgan fingerprint density at radius 2 is 1.08 bits per heavy atom. The van der Waals surface area contributed by atoms with Gasteiger partial charge in [-0.3, -0.25) is 4.98 Å². The quantitative estimate of drug-likeness (QED) is 0.451. The van der Waals surface area contributed by atoms with E-state index in [9.17, 15) is 0 Å². The second-order valence-electron chi connectivity index (χ2n) is 5.89. The predicted octanol–water partition coefficient (Wildman–Crippen LogP) is 4.97. The maximum Gasteiger partial charge on any atom is 0.0660 e. The Bertz CT molecular complexity index is 1070. The van der Waals surface area contributed by atoms with E-state index in [2.05, 4.69) is 93.2 Å². The maximum atomic E-state index is 4.47. The van der Waals surface area contributed by atoms with Crippen LogP contribution in [0.4, 0.5) is 0 Å². The Morgan fingerprint density at radius 3 is 1.62 bits per heavy atom. The van der Waals surface area contributed by atoms with E-state index in [0.717, 1.165) is 11.4 Å². The zero-order valence-corrected chi connectivity index (χ0v) is 13.0. The minimum atomic E-state index is 1.06. The van der Waals surface area contributed by atoms with E-state index in [1.54, 1.807) is 0 Å². The van der Waals surface area contributed by atoms with Gasteiger partial charge in [-0.05, 0) is 41.1 Å². The van der Waals surface area contributed by atoms with Gasteiger partial charge in [-0.2, -0.15) is 0 Å². The molecule has 0 aliphatic carbocycles. The lowest BCUT2D eigenvalue weighted by atomic mass is 10.2. The van der Waals surface area contributed by atoms with E-state index in [0.29, 0.717) is 0 Å². The summed E-state index contributed by atoms with van der Waals surface area (Å²) in [6.45, 7) is 0. The molecule has 0 saturated heterocycles. The third-order valence-electron chi connectivity index (χ3n) is 4.46. The average Bonchev–Trinajstić information content (AvgIpc) is 3.26. The van der Waals surface area contributed by atoms with Gasteiger partial charge in [-0.25, -0.2) is 0 Å². The van der Waals surface area contributed by atoms with Gasteiger partial charge >= 0.3 is 0 Å². The molecule has 0 unspecified atom stereocenters. The molecule has 5 rings (SSSR count). The number of fused-ring (bicyclic) bond motifs is 2. The van der Waals surface area contributed by atoms with Gasteiger partial charge in [0.15, 0.2) is 0 Å². The summed E-state index contributed by atoms with van der Waals surface area (Å²) in [6.07, 6.45) is 8.00. The summed E-state index contributed by atoms with van der Waals surface area (Å²) in [7, 11) is 0. The van der Waals surface area contributed by atoms with Crippen molar-refractivity contribution in [1.82, 2.24) is 14.1 Å². The van der Waals surface area contributed by atoms with Gasteiger partial charge in [0.25, 0.3) is 0 Å². The van der Waals surface area contributed by atoms with Crippen molar-refractivity contribution in [2.75, 3.05) is 0 Å². The summed E-state index contributed by atoms with van der Waals surface area (Å²) in [6, 6.07) is 23.2. The van der Waals surface area contributed by atoms with Crippen LogP contribution in [-0.2, 0) is 0 Å². The molecule has 3 nitrogen and oxygen atoms in total. The summed E-state index contributed by atoms with van der Waals surface area (Å²) >= 11 is 0. The molecule has 5 aromatic rings. The fraction of sp³-hybridized carbons (Fsp3) is 0. The predicted molar refractivity (Wildman–Crippen MR) is 97.9 cm³/mol. The second kappa shape index (κ2) is 5.10. The third-order valence-corrected chi connectivity index (χ3v) is 4.46. The molecule has 0 atom stereocenters. The van der Waals surface area contributed by atoms with Gasteiger partial charge in [0.1, 0.15) is 0 Å². The van der Waals surface area contributed by atoms with Crippen LogP contribution in [0.3, 0.4) is 0 Å². The first kappa shape index (κ1) is 13.1. The molecule has 114 valence electrons. The summed E-state index contributed by atoms with van der Waals surface area (Å²) < 4.78 is 4.36. The number of aromatic nitrogens is 3. The SMILES string of the molecule is c1ccc2c(c1)ccn2-c1cncc(-n2ccc3ccccc32)c1. The van der Waals surface area contributed by atoms with Crippen LogP contribution in [0.15, 0.2) is 91.5 Å². The maximum absolute atomic E-state index is 4.47. The highest BCUT2D eigenvalue weighted by molar-refractivity contribution is 5.83. The van der Waals surface area contributed by atoms with Crippen molar-refractivity contribution in [2.24, 2.45) is 0 Å². The number of pyridine rings is 1.